The van der Waals surface area contributed by atoms with Gasteiger partial charge >= 0.3 is 0 Å². The maximum absolute atomic E-state index is 5.34. The first-order valence-corrected chi connectivity index (χ1v) is 21.0. The molecule has 0 aliphatic carbocycles. The molecule has 59 heavy (non-hydrogen) atoms. The molecular formula is C56H51N3. The number of fused-ring (bicyclic) bond motifs is 6. The van der Waals surface area contributed by atoms with Crippen LogP contribution in [-0.2, 0) is 0 Å². The van der Waals surface area contributed by atoms with Crippen LogP contribution in [0.4, 0.5) is 0 Å². The van der Waals surface area contributed by atoms with Crippen LogP contribution in [0.1, 0.15) is 50.1 Å². The average Bonchev–Trinajstić information content (AvgIpc) is 3.64. The van der Waals surface area contributed by atoms with Crippen molar-refractivity contribution in [2.75, 3.05) is 0 Å². The minimum absolute atomic E-state index is 0.881. The van der Waals surface area contributed by atoms with Gasteiger partial charge in [-0.3, -0.25) is 0 Å². The second-order valence-electron chi connectivity index (χ2n) is 14.7. The normalized spacial score (nSPS) is 11.1. The minimum Gasteiger partial charge on any atom is -0.309 e. The van der Waals surface area contributed by atoms with Crippen LogP contribution in [0.3, 0.4) is 0 Å². The van der Waals surface area contributed by atoms with E-state index < -0.39 is 0 Å². The Bertz CT molecular complexity index is 3120. The molecule has 0 saturated carbocycles. The van der Waals surface area contributed by atoms with Crippen LogP contribution in [0.25, 0.3) is 93.9 Å². The van der Waals surface area contributed by atoms with Crippen molar-refractivity contribution in [3.8, 4) is 50.6 Å². The molecule has 3 heteroatoms. The summed E-state index contributed by atoms with van der Waals surface area (Å²) in [5.74, 6) is 0. The van der Waals surface area contributed by atoms with Gasteiger partial charge in [0.05, 0.1) is 33.8 Å². The molecule has 0 saturated heterocycles. The number of hydrogen-bond acceptors (Lipinski definition) is 2. The smallest absolute Gasteiger partial charge is 0.0973 e. The highest BCUT2D eigenvalue weighted by atomic mass is 15.0. The number of nitrogens with zero attached hydrogens (tertiary/aromatic N) is 3. The molecule has 0 aliphatic heterocycles. The molecule has 0 unspecified atom stereocenters. The largest absolute Gasteiger partial charge is 0.309 e. The fourth-order valence-electron chi connectivity index (χ4n) is 8.73. The van der Waals surface area contributed by atoms with Crippen LogP contribution >= 0.6 is 0 Å². The van der Waals surface area contributed by atoms with Gasteiger partial charge in [0.1, 0.15) is 0 Å². The summed E-state index contributed by atoms with van der Waals surface area (Å²) in [7, 11) is 0. The Morgan fingerprint density at radius 2 is 0.983 bits per heavy atom. The third kappa shape index (κ3) is 6.77. The summed E-state index contributed by atoms with van der Waals surface area (Å²) in [6.07, 6.45) is 0. The molecule has 0 bridgehead atoms. The quantitative estimate of drug-likeness (QED) is 0.175. The van der Waals surface area contributed by atoms with Crippen molar-refractivity contribution in [2.24, 2.45) is 0 Å². The highest BCUT2D eigenvalue weighted by molar-refractivity contribution is 6.25. The van der Waals surface area contributed by atoms with Gasteiger partial charge in [-0.05, 0) is 101 Å². The van der Waals surface area contributed by atoms with Gasteiger partial charge in [-0.25, -0.2) is 9.97 Å². The van der Waals surface area contributed by atoms with Crippen molar-refractivity contribution in [1.29, 1.82) is 0 Å². The van der Waals surface area contributed by atoms with Gasteiger partial charge in [0.2, 0.25) is 0 Å². The molecule has 2 aromatic heterocycles. The Morgan fingerprint density at radius 3 is 1.69 bits per heavy atom. The molecule has 10 aromatic rings. The summed E-state index contributed by atoms with van der Waals surface area (Å²) in [5.41, 5.74) is 16.6. The lowest BCUT2D eigenvalue weighted by Crippen LogP contribution is -2.02. The molecule has 0 N–H and O–H groups in total. The van der Waals surface area contributed by atoms with Crippen LogP contribution in [-0.4, -0.2) is 14.5 Å². The number of para-hydroxylation sites is 1. The number of aryl methyl sites for hydroxylation is 4. The van der Waals surface area contributed by atoms with Crippen LogP contribution in [0, 0.1) is 27.7 Å². The lowest BCUT2D eigenvalue weighted by atomic mass is 9.87. The van der Waals surface area contributed by atoms with Crippen molar-refractivity contribution >= 4 is 43.4 Å². The molecule has 0 atom stereocenters. The van der Waals surface area contributed by atoms with Crippen LogP contribution in [0.15, 0.2) is 164 Å². The second-order valence-corrected chi connectivity index (χ2v) is 14.7. The maximum atomic E-state index is 5.34. The first-order valence-electron chi connectivity index (χ1n) is 21.0. The second kappa shape index (κ2) is 16.6. The van der Waals surface area contributed by atoms with Crippen LogP contribution < -0.4 is 0 Å². The minimum atomic E-state index is 0.881. The van der Waals surface area contributed by atoms with Gasteiger partial charge in [0.25, 0.3) is 0 Å². The SMILES string of the molecule is CC.CC.Cc1ccccc1-c1nc(-c2ccccc2)c(-c2ccc(-n3c4ccccc4c4c5ccccc5c(-c5cc6ccccc6cc5C)c(C)c43)cc2)nc1C. The fourth-order valence-corrected chi connectivity index (χ4v) is 8.73. The van der Waals surface area contributed by atoms with E-state index in [1.54, 1.807) is 0 Å². The van der Waals surface area contributed by atoms with Gasteiger partial charge in [0, 0.05) is 33.2 Å². The molecular weight excluding hydrogens is 715 g/mol. The number of hydrogen-bond donors (Lipinski definition) is 0. The Kier molecular flexibility index (Phi) is 10.9. The van der Waals surface area contributed by atoms with E-state index in [-0.39, 0.29) is 0 Å². The first-order chi connectivity index (χ1) is 29.0. The zero-order valence-corrected chi connectivity index (χ0v) is 35.4. The summed E-state index contributed by atoms with van der Waals surface area (Å²) in [4.78, 5) is 10.6. The van der Waals surface area contributed by atoms with Crippen LogP contribution in [0.2, 0.25) is 0 Å². The van der Waals surface area contributed by atoms with E-state index in [4.69, 9.17) is 9.97 Å². The van der Waals surface area contributed by atoms with E-state index in [0.29, 0.717) is 0 Å². The van der Waals surface area contributed by atoms with Crippen molar-refractivity contribution in [2.45, 2.75) is 55.4 Å². The lowest BCUT2D eigenvalue weighted by molar-refractivity contribution is 1.13. The van der Waals surface area contributed by atoms with Crippen molar-refractivity contribution in [3.05, 3.63) is 186 Å². The predicted octanol–water partition coefficient (Wildman–Crippen LogP) is 15.8. The third-order valence-electron chi connectivity index (χ3n) is 11.3. The predicted molar refractivity (Wildman–Crippen MR) is 255 cm³/mol. The summed E-state index contributed by atoms with van der Waals surface area (Å²) in [6, 6.07) is 58.9. The van der Waals surface area contributed by atoms with E-state index in [9.17, 15) is 0 Å². The average molecular weight is 766 g/mol. The molecule has 3 nitrogen and oxygen atoms in total. The molecule has 0 spiro atoms. The molecule has 290 valence electrons. The standard InChI is InChI=1S/C52H39N3.2C2H6/c1-32-16-8-11-21-41(32)49-35(4)53-50(51(54-49)36-17-6-5-7-18-36)37-26-28-40(29-27-37)55-46-25-15-14-24-44(46)48-43-23-13-12-22-42(43)47(34(3)52(48)55)45-31-39-20-10-9-19-38(39)30-33(45)2;2*1-2/h5-31H,1-4H3;2*1-2H3. The van der Waals surface area contributed by atoms with Crippen molar-refractivity contribution in [1.82, 2.24) is 14.5 Å². The van der Waals surface area contributed by atoms with E-state index >= 15 is 0 Å². The highest BCUT2D eigenvalue weighted by Gasteiger charge is 2.23. The molecule has 10 rings (SSSR count). The molecule has 0 aliphatic rings. The van der Waals surface area contributed by atoms with E-state index in [2.05, 4.69) is 190 Å². The van der Waals surface area contributed by atoms with Gasteiger partial charge in [0.15, 0.2) is 0 Å². The molecule has 8 aromatic carbocycles. The molecule has 0 amide bonds. The molecule has 0 radical (unpaired) electrons. The van der Waals surface area contributed by atoms with Gasteiger partial charge in [-0.1, -0.05) is 167 Å². The third-order valence-corrected chi connectivity index (χ3v) is 11.3. The Labute approximate surface area is 348 Å². The monoisotopic (exact) mass is 765 g/mol. The number of aromatic nitrogens is 3. The van der Waals surface area contributed by atoms with Gasteiger partial charge in [-0.2, -0.15) is 0 Å². The lowest BCUT2D eigenvalue weighted by Gasteiger charge is -2.18. The number of benzene rings is 8. The van der Waals surface area contributed by atoms with Crippen LogP contribution in [0.5, 0.6) is 0 Å². The molecule has 0 fully saturated rings. The zero-order chi connectivity index (χ0) is 41.2. The maximum Gasteiger partial charge on any atom is 0.0973 e. The fraction of sp³-hybridized carbons (Fsp3) is 0.143. The number of rotatable bonds is 5. The summed E-state index contributed by atoms with van der Waals surface area (Å²) in [6.45, 7) is 16.8. The van der Waals surface area contributed by atoms with Gasteiger partial charge < -0.3 is 4.57 Å². The van der Waals surface area contributed by atoms with E-state index in [1.807, 2.05) is 33.8 Å². The Balaban J connectivity index is 0.00000118. The summed E-state index contributed by atoms with van der Waals surface area (Å²) >= 11 is 0. The van der Waals surface area contributed by atoms with Gasteiger partial charge in [-0.15, -0.1) is 0 Å². The van der Waals surface area contributed by atoms with E-state index in [0.717, 1.165) is 45.2 Å². The Morgan fingerprint density at radius 1 is 0.424 bits per heavy atom. The first kappa shape index (κ1) is 39.0. The van der Waals surface area contributed by atoms with E-state index in [1.165, 1.54) is 71.2 Å². The molecule has 2 heterocycles. The Hall–Kier alpha value is -6.84. The highest BCUT2D eigenvalue weighted by Crippen LogP contribution is 2.45. The van der Waals surface area contributed by atoms with Crippen molar-refractivity contribution < 1.29 is 0 Å². The summed E-state index contributed by atoms with van der Waals surface area (Å²) in [5, 5.41) is 7.60. The summed E-state index contributed by atoms with van der Waals surface area (Å²) < 4.78 is 2.46. The topological polar surface area (TPSA) is 30.7 Å². The zero-order valence-electron chi connectivity index (χ0n) is 35.4. The van der Waals surface area contributed by atoms with Crippen molar-refractivity contribution in [3.63, 3.8) is 0 Å².